The Morgan fingerprint density at radius 2 is 1.62 bits per heavy atom. The first-order chi connectivity index (χ1) is 10.4. The van der Waals surface area contributed by atoms with Crippen molar-refractivity contribution in [2.75, 3.05) is 0 Å². The van der Waals surface area contributed by atoms with E-state index < -0.39 is 0 Å². The first-order valence-corrected chi connectivity index (χ1v) is 7.17. The van der Waals surface area contributed by atoms with E-state index in [0.29, 0.717) is 0 Å². The molecule has 2 heterocycles. The standard InChI is InChI=1S/C18H15N3/c1-2-21-16-7-4-3-6-14(16)15-12-13(8-9-17(15)21)18-19-10-5-11-20-18/h3-12H,2H2,1H3. The van der Waals surface area contributed by atoms with Crippen LogP contribution in [-0.4, -0.2) is 14.5 Å². The number of hydrogen-bond acceptors (Lipinski definition) is 2. The molecule has 0 aliphatic heterocycles. The summed E-state index contributed by atoms with van der Waals surface area (Å²) in [5.74, 6) is 0.771. The molecule has 4 rings (SSSR count). The highest BCUT2D eigenvalue weighted by Gasteiger charge is 2.10. The van der Waals surface area contributed by atoms with E-state index in [-0.39, 0.29) is 0 Å². The van der Waals surface area contributed by atoms with Gasteiger partial charge in [0.15, 0.2) is 5.82 Å². The SMILES string of the molecule is CCn1c2ccccc2c2cc(-c3ncccn3)ccc21. The van der Waals surface area contributed by atoms with Gasteiger partial charge in [-0.1, -0.05) is 18.2 Å². The molecule has 0 bridgehead atoms. The maximum atomic E-state index is 4.34. The second kappa shape index (κ2) is 4.70. The van der Waals surface area contributed by atoms with Gasteiger partial charge in [0.2, 0.25) is 0 Å². The molecule has 4 aromatic rings. The van der Waals surface area contributed by atoms with E-state index >= 15 is 0 Å². The summed E-state index contributed by atoms with van der Waals surface area (Å²) in [5.41, 5.74) is 3.60. The summed E-state index contributed by atoms with van der Waals surface area (Å²) < 4.78 is 2.35. The highest BCUT2D eigenvalue weighted by Crippen LogP contribution is 2.31. The fourth-order valence-electron chi connectivity index (χ4n) is 2.98. The molecular formula is C18H15N3. The van der Waals surface area contributed by atoms with Crippen LogP contribution >= 0.6 is 0 Å². The maximum absolute atomic E-state index is 4.34. The van der Waals surface area contributed by atoms with Crippen molar-refractivity contribution in [3.8, 4) is 11.4 Å². The second-order valence-corrected chi connectivity index (χ2v) is 5.07. The largest absolute Gasteiger partial charge is 0.341 e. The van der Waals surface area contributed by atoms with Gasteiger partial charge in [-0.2, -0.15) is 0 Å². The first kappa shape index (κ1) is 12.1. The zero-order chi connectivity index (χ0) is 14.2. The highest BCUT2D eigenvalue weighted by atomic mass is 15.0. The molecule has 0 fully saturated rings. The van der Waals surface area contributed by atoms with Gasteiger partial charge in [0, 0.05) is 46.3 Å². The number of nitrogens with zero attached hydrogens (tertiary/aromatic N) is 3. The molecule has 0 aliphatic carbocycles. The van der Waals surface area contributed by atoms with E-state index in [1.54, 1.807) is 12.4 Å². The number of hydrogen-bond donors (Lipinski definition) is 0. The molecule has 0 saturated heterocycles. The van der Waals surface area contributed by atoms with Gasteiger partial charge < -0.3 is 4.57 Å². The first-order valence-electron chi connectivity index (χ1n) is 7.17. The van der Waals surface area contributed by atoms with Crippen LogP contribution in [0, 0.1) is 0 Å². The third kappa shape index (κ3) is 1.82. The Hall–Kier alpha value is -2.68. The van der Waals surface area contributed by atoms with E-state index in [1.807, 2.05) is 6.07 Å². The summed E-state index contributed by atoms with van der Waals surface area (Å²) in [6, 6.07) is 16.8. The fourth-order valence-corrected chi connectivity index (χ4v) is 2.98. The van der Waals surface area contributed by atoms with Crippen molar-refractivity contribution < 1.29 is 0 Å². The topological polar surface area (TPSA) is 30.7 Å². The zero-order valence-electron chi connectivity index (χ0n) is 11.8. The van der Waals surface area contributed by atoms with Crippen molar-refractivity contribution >= 4 is 21.8 Å². The molecule has 0 aliphatic rings. The van der Waals surface area contributed by atoms with Crippen molar-refractivity contribution in [2.24, 2.45) is 0 Å². The zero-order valence-corrected chi connectivity index (χ0v) is 11.8. The van der Waals surface area contributed by atoms with E-state index in [1.165, 1.54) is 21.8 Å². The molecular weight excluding hydrogens is 258 g/mol. The number of aryl methyl sites for hydroxylation is 1. The van der Waals surface area contributed by atoms with E-state index in [0.717, 1.165) is 17.9 Å². The Labute approximate surface area is 122 Å². The summed E-state index contributed by atoms with van der Waals surface area (Å²) >= 11 is 0. The molecule has 0 N–H and O–H groups in total. The van der Waals surface area contributed by atoms with Crippen molar-refractivity contribution in [1.82, 2.24) is 14.5 Å². The van der Waals surface area contributed by atoms with Gasteiger partial charge in [-0.05, 0) is 37.3 Å². The van der Waals surface area contributed by atoms with Crippen molar-refractivity contribution in [3.63, 3.8) is 0 Å². The van der Waals surface area contributed by atoms with Gasteiger partial charge in [0.25, 0.3) is 0 Å². The Kier molecular flexibility index (Phi) is 2.71. The predicted octanol–water partition coefficient (Wildman–Crippen LogP) is 4.27. The Morgan fingerprint density at radius 3 is 2.43 bits per heavy atom. The molecule has 102 valence electrons. The van der Waals surface area contributed by atoms with Gasteiger partial charge in [-0.25, -0.2) is 9.97 Å². The number of fused-ring (bicyclic) bond motifs is 3. The maximum Gasteiger partial charge on any atom is 0.159 e. The average molecular weight is 273 g/mol. The van der Waals surface area contributed by atoms with Crippen LogP contribution in [0.15, 0.2) is 60.9 Å². The third-order valence-electron chi connectivity index (χ3n) is 3.91. The molecule has 0 amide bonds. The van der Waals surface area contributed by atoms with Crippen LogP contribution in [0.25, 0.3) is 33.2 Å². The number of rotatable bonds is 2. The number of benzene rings is 2. The van der Waals surface area contributed by atoms with Gasteiger partial charge in [0.1, 0.15) is 0 Å². The normalized spacial score (nSPS) is 11.3. The van der Waals surface area contributed by atoms with Crippen LogP contribution in [0.4, 0.5) is 0 Å². The van der Waals surface area contributed by atoms with Crippen molar-refractivity contribution in [3.05, 3.63) is 60.9 Å². The van der Waals surface area contributed by atoms with E-state index in [2.05, 4.69) is 63.9 Å². The van der Waals surface area contributed by atoms with Gasteiger partial charge in [0.05, 0.1) is 0 Å². The van der Waals surface area contributed by atoms with Crippen LogP contribution in [0.1, 0.15) is 6.92 Å². The lowest BCUT2D eigenvalue weighted by molar-refractivity contribution is 0.827. The quantitative estimate of drug-likeness (QED) is 0.546. The summed E-state index contributed by atoms with van der Waals surface area (Å²) in [7, 11) is 0. The average Bonchev–Trinajstić information content (AvgIpc) is 2.88. The lowest BCUT2D eigenvalue weighted by Crippen LogP contribution is -1.92. The molecule has 3 nitrogen and oxygen atoms in total. The van der Waals surface area contributed by atoms with Gasteiger partial charge in [-0.15, -0.1) is 0 Å². The Morgan fingerprint density at radius 1 is 0.857 bits per heavy atom. The smallest absolute Gasteiger partial charge is 0.159 e. The summed E-state index contributed by atoms with van der Waals surface area (Å²) in [6.07, 6.45) is 3.56. The third-order valence-corrected chi connectivity index (χ3v) is 3.91. The molecule has 2 aromatic heterocycles. The van der Waals surface area contributed by atoms with Crippen LogP contribution in [0.5, 0.6) is 0 Å². The molecule has 0 saturated carbocycles. The molecule has 21 heavy (non-hydrogen) atoms. The van der Waals surface area contributed by atoms with Gasteiger partial charge >= 0.3 is 0 Å². The highest BCUT2D eigenvalue weighted by molar-refractivity contribution is 6.09. The summed E-state index contributed by atoms with van der Waals surface area (Å²) in [4.78, 5) is 8.69. The minimum atomic E-state index is 0.771. The lowest BCUT2D eigenvalue weighted by Gasteiger charge is -2.03. The summed E-state index contributed by atoms with van der Waals surface area (Å²) in [5, 5.41) is 2.55. The minimum absolute atomic E-state index is 0.771. The Bertz CT molecular complexity index is 923. The molecule has 0 unspecified atom stereocenters. The van der Waals surface area contributed by atoms with Crippen molar-refractivity contribution in [1.29, 1.82) is 0 Å². The minimum Gasteiger partial charge on any atom is -0.341 e. The second-order valence-electron chi connectivity index (χ2n) is 5.07. The lowest BCUT2D eigenvalue weighted by atomic mass is 10.1. The van der Waals surface area contributed by atoms with Crippen LogP contribution in [0.2, 0.25) is 0 Å². The number of aromatic nitrogens is 3. The van der Waals surface area contributed by atoms with Crippen LogP contribution < -0.4 is 0 Å². The fraction of sp³-hybridized carbons (Fsp3) is 0.111. The molecule has 2 aromatic carbocycles. The van der Waals surface area contributed by atoms with Crippen LogP contribution in [-0.2, 0) is 6.54 Å². The molecule has 0 atom stereocenters. The van der Waals surface area contributed by atoms with E-state index in [9.17, 15) is 0 Å². The van der Waals surface area contributed by atoms with Crippen molar-refractivity contribution in [2.45, 2.75) is 13.5 Å². The summed E-state index contributed by atoms with van der Waals surface area (Å²) in [6.45, 7) is 3.14. The number of para-hydroxylation sites is 1. The Balaban J connectivity index is 2.06. The molecule has 0 radical (unpaired) electrons. The molecule has 0 spiro atoms. The van der Waals surface area contributed by atoms with Gasteiger partial charge in [-0.3, -0.25) is 0 Å². The predicted molar refractivity (Wildman–Crippen MR) is 86.1 cm³/mol. The molecule has 3 heteroatoms. The van der Waals surface area contributed by atoms with E-state index in [4.69, 9.17) is 0 Å². The monoisotopic (exact) mass is 273 g/mol. The van der Waals surface area contributed by atoms with Crippen LogP contribution in [0.3, 0.4) is 0 Å².